The highest BCUT2D eigenvalue weighted by atomic mass is 16.6. The van der Waals surface area contributed by atoms with E-state index in [4.69, 9.17) is 33.2 Å². The third kappa shape index (κ3) is 15.0. The van der Waals surface area contributed by atoms with Crippen LogP contribution in [0.1, 0.15) is 39.5 Å². The van der Waals surface area contributed by atoms with Crippen LogP contribution in [0.5, 0.6) is 35.0 Å². The lowest BCUT2D eigenvalue weighted by Crippen LogP contribution is -2.50. The van der Waals surface area contributed by atoms with Gasteiger partial charge in [-0.05, 0) is 51.0 Å². The summed E-state index contributed by atoms with van der Waals surface area (Å²) in [7, 11) is 0. The zero-order valence-electron chi connectivity index (χ0n) is 35.5. The van der Waals surface area contributed by atoms with Gasteiger partial charge in [-0.25, -0.2) is 29.9 Å². The first-order valence-corrected chi connectivity index (χ1v) is 21.4. The molecule has 4 N–H and O–H groups in total. The number of aromatic nitrogens is 6. The Labute approximate surface area is 358 Å². The maximum atomic E-state index is 5.98. The summed E-state index contributed by atoms with van der Waals surface area (Å²) in [5.41, 5.74) is 6.46. The van der Waals surface area contributed by atoms with E-state index in [1.54, 1.807) is 43.2 Å². The van der Waals surface area contributed by atoms with Crippen molar-refractivity contribution in [2.45, 2.75) is 51.6 Å². The van der Waals surface area contributed by atoms with Crippen LogP contribution in [0, 0.1) is 0 Å². The maximum absolute atomic E-state index is 5.98. The van der Waals surface area contributed by atoms with E-state index < -0.39 is 0 Å². The van der Waals surface area contributed by atoms with Crippen molar-refractivity contribution in [3.05, 3.63) is 61.4 Å². The molecular formula is C42H62N12O7. The van der Waals surface area contributed by atoms with E-state index in [0.29, 0.717) is 107 Å². The van der Waals surface area contributed by atoms with Crippen LogP contribution in [-0.4, -0.2) is 147 Å². The fraction of sp³-hybridized carbons (Fsp3) is 0.571. The number of piperazine rings is 2. The number of pyridine rings is 2. The van der Waals surface area contributed by atoms with Gasteiger partial charge in [0.2, 0.25) is 0 Å². The van der Waals surface area contributed by atoms with Gasteiger partial charge >= 0.3 is 0 Å². The molecule has 2 fully saturated rings. The molecule has 0 unspecified atom stereocenters. The van der Waals surface area contributed by atoms with Crippen LogP contribution >= 0.6 is 0 Å². The number of rotatable bonds is 28. The van der Waals surface area contributed by atoms with Crippen LogP contribution in [0.25, 0.3) is 0 Å². The molecule has 2 atom stereocenters. The number of unbranched alkanes of at least 4 members (excludes halogenated alkanes) is 3. The number of hydrazine groups is 1. The van der Waals surface area contributed by atoms with Crippen molar-refractivity contribution in [3.63, 3.8) is 0 Å². The van der Waals surface area contributed by atoms with E-state index in [2.05, 4.69) is 75.0 Å². The van der Waals surface area contributed by atoms with Crippen LogP contribution in [0.3, 0.4) is 0 Å². The molecule has 61 heavy (non-hydrogen) atoms. The largest absolute Gasteiger partial charge is 0.484 e. The van der Waals surface area contributed by atoms with Crippen molar-refractivity contribution >= 4 is 11.6 Å². The van der Waals surface area contributed by atoms with Crippen LogP contribution in [0.15, 0.2) is 61.4 Å². The second-order valence-electron chi connectivity index (χ2n) is 14.4. The maximum Gasteiger partial charge on any atom is 0.257 e. The third-order valence-corrected chi connectivity index (χ3v) is 9.87. The molecule has 6 rings (SSSR count). The van der Waals surface area contributed by atoms with Crippen molar-refractivity contribution in [2.24, 2.45) is 0 Å². The number of hydrogen-bond acceptors (Lipinski definition) is 19. The highest BCUT2D eigenvalue weighted by Crippen LogP contribution is 2.28. The summed E-state index contributed by atoms with van der Waals surface area (Å²) in [6, 6.07) is 7.91. The number of ether oxygens (including phenoxy) is 7. The molecule has 2 aliphatic heterocycles. The predicted octanol–water partition coefficient (Wildman–Crippen LogP) is 2.70. The molecular weight excluding hydrogens is 785 g/mol. The van der Waals surface area contributed by atoms with Gasteiger partial charge in [0.25, 0.3) is 23.5 Å². The second kappa shape index (κ2) is 26.1. The Morgan fingerprint density at radius 2 is 0.984 bits per heavy atom. The van der Waals surface area contributed by atoms with Gasteiger partial charge in [0.1, 0.15) is 33.0 Å². The molecule has 4 aromatic heterocycles. The summed E-state index contributed by atoms with van der Waals surface area (Å²) in [5, 5.41) is 6.79. The molecule has 2 aliphatic rings. The summed E-state index contributed by atoms with van der Waals surface area (Å²) in [6.45, 7) is 14.2. The zero-order chi connectivity index (χ0) is 42.2. The molecule has 0 aromatic carbocycles. The van der Waals surface area contributed by atoms with E-state index in [0.717, 1.165) is 83.1 Å². The Bertz CT molecular complexity index is 1700. The van der Waals surface area contributed by atoms with E-state index in [9.17, 15) is 0 Å². The van der Waals surface area contributed by atoms with Gasteiger partial charge in [-0.3, -0.25) is 10.9 Å². The van der Waals surface area contributed by atoms with E-state index >= 15 is 0 Å². The molecule has 19 heteroatoms. The highest BCUT2D eigenvalue weighted by molar-refractivity contribution is 5.50. The van der Waals surface area contributed by atoms with Gasteiger partial charge in [-0.15, -0.1) is 0 Å². The fourth-order valence-corrected chi connectivity index (χ4v) is 6.75. The Balaban J connectivity index is 0.746. The number of anilines is 2. The third-order valence-electron chi connectivity index (χ3n) is 9.87. The fourth-order valence-electron chi connectivity index (χ4n) is 6.75. The molecule has 0 radical (unpaired) electrons. The molecule has 0 saturated carbocycles. The van der Waals surface area contributed by atoms with E-state index in [1.165, 1.54) is 0 Å². The van der Waals surface area contributed by atoms with Gasteiger partial charge in [-0.2, -0.15) is 0 Å². The number of nitrogens with one attached hydrogen (secondary N) is 4. The molecule has 19 nitrogen and oxygen atoms in total. The molecule has 6 heterocycles. The van der Waals surface area contributed by atoms with Gasteiger partial charge in [0.05, 0.1) is 19.8 Å². The standard InChI is InChI=1S/C42H62N12O7/c1-33-31-43-18-21-53(33)37-41(49-16-14-45-37)60-29-27-56-35-9-7-11-47-39(35)58-23-6-4-3-5-13-51-52-20-24-55-25-26-59-40-36(10-8-12-48-40)57-28-30-61-42-38(46-15-17-50-42)54-22-19-44-32-34(54)2/h7-12,14-17,33-34,43-44,51-52H,3-6,13,18-32H2,1-2H3/t33-,34-/m1/s1. The minimum Gasteiger partial charge on any atom is -0.484 e. The van der Waals surface area contributed by atoms with Crippen LogP contribution in [0.2, 0.25) is 0 Å². The molecule has 0 bridgehead atoms. The molecule has 0 aliphatic carbocycles. The summed E-state index contributed by atoms with van der Waals surface area (Å²) >= 11 is 0. The monoisotopic (exact) mass is 846 g/mol. The van der Waals surface area contributed by atoms with Crippen molar-refractivity contribution in [1.82, 2.24) is 51.4 Å². The van der Waals surface area contributed by atoms with Gasteiger partial charge in [-0.1, -0.05) is 12.8 Å². The van der Waals surface area contributed by atoms with Gasteiger partial charge in [0, 0.05) is 102 Å². The average molecular weight is 847 g/mol. The van der Waals surface area contributed by atoms with Crippen molar-refractivity contribution in [1.29, 1.82) is 0 Å². The Hall–Kier alpha value is -5.34. The van der Waals surface area contributed by atoms with Gasteiger partial charge < -0.3 is 53.6 Å². The highest BCUT2D eigenvalue weighted by Gasteiger charge is 2.24. The molecule has 4 aromatic rings. The quantitative estimate of drug-likeness (QED) is 0.0481. The number of hydrogen-bond donors (Lipinski definition) is 4. The molecule has 0 amide bonds. The SMILES string of the molecule is C[C@@H]1CNCCN1c1nccnc1OCCOc1cccnc1OCCCCCCNNCCOCCOc1ncccc1OCCOc1nccnc1N1CCNC[C@H]1C. The first-order chi connectivity index (χ1) is 30.2. The minimum atomic E-state index is 0.295. The minimum absolute atomic E-state index is 0.295. The lowest BCUT2D eigenvalue weighted by atomic mass is 10.2. The van der Waals surface area contributed by atoms with Crippen LogP contribution in [0.4, 0.5) is 11.6 Å². The second-order valence-corrected chi connectivity index (χ2v) is 14.4. The van der Waals surface area contributed by atoms with Crippen molar-refractivity contribution in [3.8, 4) is 35.0 Å². The van der Waals surface area contributed by atoms with Crippen LogP contribution < -0.4 is 59.7 Å². The molecule has 0 spiro atoms. The molecule has 2 saturated heterocycles. The van der Waals surface area contributed by atoms with E-state index in [1.807, 2.05) is 18.2 Å². The Morgan fingerprint density at radius 1 is 0.508 bits per heavy atom. The topological polar surface area (TPSA) is 197 Å². The zero-order valence-corrected chi connectivity index (χ0v) is 35.5. The normalized spacial score (nSPS) is 16.6. The summed E-state index contributed by atoms with van der Waals surface area (Å²) in [6.07, 6.45) is 14.1. The van der Waals surface area contributed by atoms with Crippen molar-refractivity contribution in [2.75, 3.05) is 115 Å². The smallest absolute Gasteiger partial charge is 0.257 e. The summed E-state index contributed by atoms with van der Waals surface area (Å²) < 4.78 is 41.4. The van der Waals surface area contributed by atoms with Gasteiger partial charge in [0.15, 0.2) is 23.1 Å². The van der Waals surface area contributed by atoms with Crippen molar-refractivity contribution < 1.29 is 33.2 Å². The Kier molecular flexibility index (Phi) is 19.3. The molecule has 332 valence electrons. The summed E-state index contributed by atoms with van der Waals surface area (Å²) in [5.74, 6) is 4.55. The summed E-state index contributed by atoms with van der Waals surface area (Å²) in [4.78, 5) is 31.0. The lowest BCUT2D eigenvalue weighted by Gasteiger charge is -2.35. The lowest BCUT2D eigenvalue weighted by molar-refractivity contribution is 0.0963. The first-order valence-electron chi connectivity index (χ1n) is 21.4. The number of nitrogens with zero attached hydrogens (tertiary/aromatic N) is 8. The predicted molar refractivity (Wildman–Crippen MR) is 230 cm³/mol. The first kappa shape index (κ1) is 45.2. The van der Waals surface area contributed by atoms with Crippen LogP contribution in [-0.2, 0) is 4.74 Å². The van der Waals surface area contributed by atoms with E-state index in [-0.39, 0.29) is 0 Å². The Morgan fingerprint density at radius 3 is 1.57 bits per heavy atom. The average Bonchev–Trinajstić information content (AvgIpc) is 3.29.